The Labute approximate surface area is 98.0 Å². The molecule has 0 saturated carbocycles. The van der Waals surface area contributed by atoms with E-state index in [0.717, 1.165) is 0 Å². The fourth-order valence-electron chi connectivity index (χ4n) is 1.37. The Hall–Kier alpha value is -2.11. The molecule has 0 unspecified atom stereocenters. The van der Waals surface area contributed by atoms with Gasteiger partial charge in [-0.1, -0.05) is 12.1 Å². The highest BCUT2D eigenvalue weighted by Gasteiger charge is 2.16. The number of rotatable bonds is 6. The second kappa shape index (κ2) is 5.83. The van der Waals surface area contributed by atoms with Crippen molar-refractivity contribution in [3.05, 3.63) is 33.9 Å². The van der Waals surface area contributed by atoms with Crippen molar-refractivity contribution < 1.29 is 19.6 Å². The first-order valence-corrected chi connectivity index (χ1v) is 5.11. The standard InChI is InChI=1S/C11H13NO5/c1-8-4-2-5-9(12(15)16)11(8)17-7-3-6-10(13)14/h2,4-5H,3,6-7H2,1H3,(H,13,14). The van der Waals surface area contributed by atoms with Crippen LogP contribution in [0.15, 0.2) is 18.2 Å². The maximum absolute atomic E-state index is 10.7. The molecule has 1 N–H and O–H groups in total. The predicted octanol–water partition coefficient (Wildman–Crippen LogP) is 2.15. The number of aryl methyl sites for hydroxylation is 1. The fourth-order valence-corrected chi connectivity index (χ4v) is 1.37. The minimum Gasteiger partial charge on any atom is -0.487 e. The lowest BCUT2D eigenvalue weighted by atomic mass is 10.2. The van der Waals surface area contributed by atoms with E-state index < -0.39 is 10.9 Å². The van der Waals surface area contributed by atoms with Crippen LogP contribution in [0.2, 0.25) is 0 Å². The number of carboxylic acids is 1. The van der Waals surface area contributed by atoms with E-state index in [9.17, 15) is 14.9 Å². The monoisotopic (exact) mass is 239 g/mol. The van der Waals surface area contributed by atoms with Crippen LogP contribution in [0.3, 0.4) is 0 Å². The number of hydrogen-bond donors (Lipinski definition) is 1. The van der Waals surface area contributed by atoms with Crippen LogP contribution in [0.4, 0.5) is 5.69 Å². The van der Waals surface area contributed by atoms with Gasteiger partial charge in [0.2, 0.25) is 0 Å². The topological polar surface area (TPSA) is 89.7 Å². The SMILES string of the molecule is Cc1cccc([N+](=O)[O-])c1OCCCC(=O)O. The number of carbonyl (C=O) groups is 1. The summed E-state index contributed by atoms with van der Waals surface area (Å²) in [6, 6.07) is 4.65. The van der Waals surface area contributed by atoms with E-state index in [2.05, 4.69) is 0 Å². The highest BCUT2D eigenvalue weighted by atomic mass is 16.6. The zero-order valence-electron chi connectivity index (χ0n) is 9.38. The van der Waals surface area contributed by atoms with Gasteiger partial charge in [-0.25, -0.2) is 0 Å². The molecule has 0 aliphatic carbocycles. The highest BCUT2D eigenvalue weighted by Crippen LogP contribution is 2.30. The largest absolute Gasteiger partial charge is 0.487 e. The summed E-state index contributed by atoms with van der Waals surface area (Å²) >= 11 is 0. The predicted molar refractivity (Wildman–Crippen MR) is 60.2 cm³/mol. The number of nitro benzene ring substituents is 1. The summed E-state index contributed by atoms with van der Waals surface area (Å²) in [4.78, 5) is 20.5. The Morgan fingerprint density at radius 2 is 2.24 bits per heavy atom. The van der Waals surface area contributed by atoms with Gasteiger partial charge in [-0.2, -0.15) is 0 Å². The van der Waals surface area contributed by atoms with Gasteiger partial charge in [0.25, 0.3) is 0 Å². The third kappa shape index (κ3) is 3.75. The van der Waals surface area contributed by atoms with Gasteiger partial charge in [0.15, 0.2) is 5.75 Å². The zero-order valence-corrected chi connectivity index (χ0v) is 9.38. The van der Waals surface area contributed by atoms with Crippen LogP contribution in [-0.2, 0) is 4.79 Å². The van der Waals surface area contributed by atoms with Gasteiger partial charge >= 0.3 is 11.7 Å². The quantitative estimate of drug-likeness (QED) is 0.466. The van der Waals surface area contributed by atoms with E-state index in [4.69, 9.17) is 9.84 Å². The average Bonchev–Trinajstić information content (AvgIpc) is 2.25. The van der Waals surface area contributed by atoms with Gasteiger partial charge in [0.05, 0.1) is 11.5 Å². The third-order valence-electron chi connectivity index (χ3n) is 2.17. The van der Waals surface area contributed by atoms with Crippen LogP contribution in [0.5, 0.6) is 5.75 Å². The van der Waals surface area contributed by atoms with E-state index in [1.54, 1.807) is 19.1 Å². The van der Waals surface area contributed by atoms with E-state index >= 15 is 0 Å². The summed E-state index contributed by atoms with van der Waals surface area (Å²) in [6.45, 7) is 1.86. The molecule has 0 heterocycles. The van der Waals surface area contributed by atoms with E-state index in [0.29, 0.717) is 12.0 Å². The summed E-state index contributed by atoms with van der Waals surface area (Å²) in [6.07, 6.45) is 0.306. The van der Waals surface area contributed by atoms with E-state index in [-0.39, 0.29) is 24.5 Å². The molecule has 0 amide bonds. The maximum Gasteiger partial charge on any atom is 0.311 e. The molecule has 0 bridgehead atoms. The molecule has 92 valence electrons. The second-order valence-corrected chi connectivity index (χ2v) is 3.53. The molecule has 0 aliphatic heterocycles. The molecule has 0 aromatic heterocycles. The van der Waals surface area contributed by atoms with Crippen molar-refractivity contribution >= 4 is 11.7 Å². The Kier molecular flexibility index (Phi) is 4.45. The Morgan fingerprint density at radius 3 is 2.82 bits per heavy atom. The number of nitrogens with zero attached hydrogens (tertiary/aromatic N) is 1. The zero-order chi connectivity index (χ0) is 12.8. The van der Waals surface area contributed by atoms with Crippen molar-refractivity contribution in [2.45, 2.75) is 19.8 Å². The van der Waals surface area contributed by atoms with Gasteiger partial charge in [0, 0.05) is 12.5 Å². The van der Waals surface area contributed by atoms with E-state index in [1.807, 2.05) is 0 Å². The van der Waals surface area contributed by atoms with Gasteiger partial charge in [-0.05, 0) is 18.9 Å². The number of carboxylic acid groups (broad SMARTS) is 1. The first-order valence-electron chi connectivity index (χ1n) is 5.11. The second-order valence-electron chi connectivity index (χ2n) is 3.53. The van der Waals surface area contributed by atoms with Crippen molar-refractivity contribution in [2.75, 3.05) is 6.61 Å². The number of para-hydroxylation sites is 1. The summed E-state index contributed by atoms with van der Waals surface area (Å²) in [7, 11) is 0. The minimum absolute atomic E-state index is 0.0142. The summed E-state index contributed by atoms with van der Waals surface area (Å²) in [5.41, 5.74) is 0.565. The molecule has 6 nitrogen and oxygen atoms in total. The normalized spacial score (nSPS) is 9.94. The lowest BCUT2D eigenvalue weighted by Gasteiger charge is -2.08. The average molecular weight is 239 g/mol. The molecule has 0 spiro atoms. The number of benzene rings is 1. The third-order valence-corrected chi connectivity index (χ3v) is 2.17. The molecule has 17 heavy (non-hydrogen) atoms. The summed E-state index contributed by atoms with van der Waals surface area (Å²) in [5, 5.41) is 19.2. The van der Waals surface area contributed by atoms with Crippen LogP contribution in [-0.4, -0.2) is 22.6 Å². The summed E-state index contributed by atoms with van der Waals surface area (Å²) in [5.74, 6) is -0.698. The van der Waals surface area contributed by atoms with Crippen LogP contribution in [0.1, 0.15) is 18.4 Å². The number of nitro groups is 1. The molecule has 1 rings (SSSR count). The molecule has 1 aromatic carbocycles. The van der Waals surface area contributed by atoms with Crippen molar-refractivity contribution in [3.8, 4) is 5.75 Å². The van der Waals surface area contributed by atoms with Crippen molar-refractivity contribution in [1.82, 2.24) is 0 Å². The Balaban J connectivity index is 2.69. The lowest BCUT2D eigenvalue weighted by Crippen LogP contribution is -2.04. The molecular weight excluding hydrogens is 226 g/mol. The first-order chi connectivity index (χ1) is 8.02. The molecule has 0 aliphatic rings. The highest BCUT2D eigenvalue weighted by molar-refractivity contribution is 5.66. The summed E-state index contributed by atoms with van der Waals surface area (Å²) < 4.78 is 5.27. The molecule has 0 atom stereocenters. The van der Waals surface area contributed by atoms with Gasteiger partial charge in [0.1, 0.15) is 0 Å². The lowest BCUT2D eigenvalue weighted by molar-refractivity contribution is -0.385. The van der Waals surface area contributed by atoms with Crippen LogP contribution < -0.4 is 4.74 Å². The maximum atomic E-state index is 10.7. The van der Waals surface area contributed by atoms with Gasteiger partial charge < -0.3 is 9.84 Å². The van der Waals surface area contributed by atoms with Crippen molar-refractivity contribution in [2.24, 2.45) is 0 Å². The minimum atomic E-state index is -0.909. The molecule has 0 fully saturated rings. The van der Waals surface area contributed by atoms with Crippen molar-refractivity contribution in [3.63, 3.8) is 0 Å². The van der Waals surface area contributed by atoms with E-state index in [1.165, 1.54) is 6.07 Å². The molecule has 6 heteroatoms. The smallest absolute Gasteiger partial charge is 0.311 e. The molecule has 0 saturated heterocycles. The Bertz CT molecular complexity index is 430. The van der Waals surface area contributed by atoms with Crippen LogP contribution in [0, 0.1) is 17.0 Å². The van der Waals surface area contributed by atoms with Gasteiger partial charge in [-0.3, -0.25) is 14.9 Å². The molecule has 1 aromatic rings. The number of ether oxygens (including phenoxy) is 1. The number of hydrogen-bond acceptors (Lipinski definition) is 4. The number of aliphatic carboxylic acids is 1. The molecular formula is C11H13NO5. The van der Waals surface area contributed by atoms with Crippen molar-refractivity contribution in [1.29, 1.82) is 0 Å². The van der Waals surface area contributed by atoms with Gasteiger partial charge in [-0.15, -0.1) is 0 Å². The fraction of sp³-hybridized carbons (Fsp3) is 0.364. The van der Waals surface area contributed by atoms with Crippen LogP contribution in [0.25, 0.3) is 0 Å². The first kappa shape index (κ1) is 13.0. The van der Waals surface area contributed by atoms with Crippen LogP contribution >= 0.6 is 0 Å². The molecule has 0 radical (unpaired) electrons. The Morgan fingerprint density at radius 1 is 1.53 bits per heavy atom.